The lowest BCUT2D eigenvalue weighted by Gasteiger charge is -2.08. The molecule has 3 aromatic rings. The number of nitrogens with one attached hydrogen (secondary N) is 1. The van der Waals surface area contributed by atoms with Gasteiger partial charge in [0.1, 0.15) is 5.15 Å². The van der Waals surface area contributed by atoms with Crippen LogP contribution in [0.2, 0.25) is 5.15 Å². The zero-order valence-corrected chi connectivity index (χ0v) is 14.4. The number of pyridine rings is 1. The van der Waals surface area contributed by atoms with Gasteiger partial charge >= 0.3 is 5.97 Å². The smallest absolute Gasteiger partial charge is 0.341 e. The number of hydrogen-bond donors (Lipinski definition) is 1. The molecule has 1 heterocycles. The van der Waals surface area contributed by atoms with Crippen LogP contribution in [0, 0.1) is 0 Å². The fraction of sp³-hybridized carbons (Fsp3) is 0.0500. The zero-order valence-electron chi connectivity index (χ0n) is 13.7. The lowest BCUT2D eigenvalue weighted by Crippen LogP contribution is -2.21. The van der Waals surface area contributed by atoms with Crippen LogP contribution >= 0.6 is 11.6 Å². The molecule has 0 radical (unpaired) electrons. The number of ether oxygens (including phenoxy) is 1. The number of halogens is 1. The third-order valence-electron chi connectivity index (χ3n) is 3.59. The van der Waals surface area contributed by atoms with Crippen molar-refractivity contribution in [2.24, 2.45) is 0 Å². The summed E-state index contributed by atoms with van der Waals surface area (Å²) in [5.74, 6) is -1.14. The average molecular weight is 367 g/mol. The van der Waals surface area contributed by atoms with Crippen LogP contribution in [0.4, 0.5) is 5.69 Å². The Morgan fingerprint density at radius 3 is 2.31 bits per heavy atom. The van der Waals surface area contributed by atoms with Crippen LogP contribution in [-0.2, 0) is 9.53 Å². The molecule has 0 saturated heterocycles. The summed E-state index contributed by atoms with van der Waals surface area (Å²) in [7, 11) is 0. The lowest BCUT2D eigenvalue weighted by atomic mass is 10.1. The third-order valence-corrected chi connectivity index (χ3v) is 3.89. The number of anilines is 1. The molecule has 1 amide bonds. The maximum atomic E-state index is 12.0. The predicted octanol–water partition coefficient (Wildman–Crippen LogP) is 4.20. The van der Waals surface area contributed by atoms with Crippen molar-refractivity contribution >= 4 is 29.2 Å². The van der Waals surface area contributed by atoms with Gasteiger partial charge in [0, 0.05) is 11.9 Å². The lowest BCUT2D eigenvalue weighted by molar-refractivity contribution is -0.119. The van der Waals surface area contributed by atoms with E-state index in [9.17, 15) is 9.59 Å². The fourth-order valence-corrected chi connectivity index (χ4v) is 2.52. The van der Waals surface area contributed by atoms with Crippen molar-refractivity contribution in [3.8, 4) is 11.1 Å². The first-order valence-electron chi connectivity index (χ1n) is 7.86. The van der Waals surface area contributed by atoms with Crippen LogP contribution in [0.15, 0.2) is 72.9 Å². The molecule has 0 spiro atoms. The van der Waals surface area contributed by atoms with Crippen LogP contribution in [0.25, 0.3) is 11.1 Å². The summed E-state index contributed by atoms with van der Waals surface area (Å²) in [6.07, 6.45) is 1.46. The Morgan fingerprint density at radius 2 is 1.62 bits per heavy atom. The number of amides is 1. The molecule has 0 atom stereocenters. The molecule has 0 aliphatic rings. The van der Waals surface area contributed by atoms with Gasteiger partial charge in [-0.15, -0.1) is 0 Å². The van der Waals surface area contributed by atoms with E-state index < -0.39 is 18.5 Å². The molecule has 0 unspecified atom stereocenters. The summed E-state index contributed by atoms with van der Waals surface area (Å²) in [6, 6.07) is 20.4. The highest BCUT2D eigenvalue weighted by atomic mass is 35.5. The fourth-order valence-electron chi connectivity index (χ4n) is 2.32. The normalized spacial score (nSPS) is 10.2. The van der Waals surface area contributed by atoms with E-state index in [2.05, 4.69) is 10.3 Å². The van der Waals surface area contributed by atoms with E-state index in [1.165, 1.54) is 12.3 Å². The summed E-state index contributed by atoms with van der Waals surface area (Å²) in [5, 5.41) is 2.71. The van der Waals surface area contributed by atoms with E-state index >= 15 is 0 Å². The van der Waals surface area contributed by atoms with Gasteiger partial charge in [0.15, 0.2) is 6.61 Å². The van der Waals surface area contributed by atoms with Gasteiger partial charge in [-0.05, 0) is 35.4 Å². The minimum absolute atomic E-state index is 0.0365. The molecule has 1 aromatic heterocycles. The molecule has 1 N–H and O–H groups in total. The Bertz CT molecular complexity index is 912. The molecule has 3 rings (SSSR count). The number of carbonyl (C=O) groups excluding carboxylic acids is 2. The van der Waals surface area contributed by atoms with Crippen LogP contribution in [0.3, 0.4) is 0 Å². The molecule has 130 valence electrons. The Hall–Kier alpha value is -3.18. The Kier molecular flexibility index (Phi) is 5.61. The van der Waals surface area contributed by atoms with Crippen molar-refractivity contribution < 1.29 is 14.3 Å². The third kappa shape index (κ3) is 4.46. The number of aromatic nitrogens is 1. The maximum Gasteiger partial charge on any atom is 0.341 e. The number of benzene rings is 2. The molecule has 0 bridgehead atoms. The van der Waals surface area contributed by atoms with Crippen LogP contribution < -0.4 is 5.32 Å². The van der Waals surface area contributed by atoms with Gasteiger partial charge in [-0.25, -0.2) is 9.78 Å². The molecular weight excluding hydrogens is 352 g/mol. The summed E-state index contributed by atoms with van der Waals surface area (Å²) < 4.78 is 4.96. The van der Waals surface area contributed by atoms with Crippen molar-refractivity contribution in [3.05, 3.63) is 83.6 Å². The topological polar surface area (TPSA) is 68.3 Å². The van der Waals surface area contributed by atoms with Crippen molar-refractivity contribution in [3.63, 3.8) is 0 Å². The average Bonchev–Trinajstić information content (AvgIpc) is 2.68. The van der Waals surface area contributed by atoms with E-state index in [0.717, 1.165) is 11.1 Å². The van der Waals surface area contributed by atoms with Gasteiger partial charge in [-0.1, -0.05) is 54.1 Å². The SMILES string of the molecule is O=C(COC(=O)c1cccnc1Cl)Nc1ccc(-c2ccccc2)cc1. The van der Waals surface area contributed by atoms with Crippen LogP contribution in [0.1, 0.15) is 10.4 Å². The first kappa shape index (κ1) is 17.6. The van der Waals surface area contributed by atoms with E-state index in [0.29, 0.717) is 5.69 Å². The standard InChI is InChI=1S/C20H15ClN2O3/c21-19-17(7-4-12-22-19)20(25)26-13-18(24)23-16-10-8-15(9-11-16)14-5-2-1-3-6-14/h1-12H,13H2,(H,23,24). The van der Waals surface area contributed by atoms with E-state index in [1.807, 2.05) is 42.5 Å². The maximum absolute atomic E-state index is 12.0. The molecule has 26 heavy (non-hydrogen) atoms. The first-order valence-corrected chi connectivity index (χ1v) is 8.24. The highest BCUT2D eigenvalue weighted by Crippen LogP contribution is 2.21. The second-order valence-electron chi connectivity index (χ2n) is 5.41. The number of hydrogen-bond acceptors (Lipinski definition) is 4. The summed E-state index contributed by atoms with van der Waals surface area (Å²) in [5.41, 5.74) is 2.87. The second-order valence-corrected chi connectivity index (χ2v) is 5.77. The minimum atomic E-state index is -0.697. The van der Waals surface area contributed by atoms with Crippen molar-refractivity contribution in [2.45, 2.75) is 0 Å². The van der Waals surface area contributed by atoms with Gasteiger partial charge in [-0.3, -0.25) is 4.79 Å². The summed E-state index contributed by atoms with van der Waals surface area (Å²) in [4.78, 5) is 27.6. The molecule has 0 aliphatic heterocycles. The minimum Gasteiger partial charge on any atom is -0.452 e. The number of esters is 1. The molecule has 0 fully saturated rings. The van der Waals surface area contributed by atoms with Crippen molar-refractivity contribution in [2.75, 3.05) is 11.9 Å². The van der Waals surface area contributed by atoms with E-state index in [4.69, 9.17) is 16.3 Å². The quantitative estimate of drug-likeness (QED) is 0.543. The Balaban J connectivity index is 1.55. The van der Waals surface area contributed by atoms with Gasteiger partial charge in [0.05, 0.1) is 5.56 Å². The number of nitrogens with zero attached hydrogens (tertiary/aromatic N) is 1. The first-order chi connectivity index (χ1) is 12.6. The Labute approximate surface area is 155 Å². The van der Waals surface area contributed by atoms with Gasteiger partial charge in [0.25, 0.3) is 5.91 Å². The van der Waals surface area contributed by atoms with Crippen molar-refractivity contribution in [1.29, 1.82) is 0 Å². The Morgan fingerprint density at radius 1 is 0.923 bits per heavy atom. The van der Waals surface area contributed by atoms with Gasteiger partial charge in [-0.2, -0.15) is 0 Å². The van der Waals surface area contributed by atoms with E-state index in [1.54, 1.807) is 18.2 Å². The zero-order chi connectivity index (χ0) is 18.4. The highest BCUT2D eigenvalue weighted by molar-refractivity contribution is 6.32. The summed E-state index contributed by atoms with van der Waals surface area (Å²) in [6.45, 7) is -0.412. The monoisotopic (exact) mass is 366 g/mol. The van der Waals surface area contributed by atoms with Gasteiger partial charge < -0.3 is 10.1 Å². The molecule has 0 aliphatic carbocycles. The molecule has 6 heteroatoms. The molecule has 2 aromatic carbocycles. The summed E-state index contributed by atoms with van der Waals surface area (Å²) >= 11 is 5.82. The van der Waals surface area contributed by atoms with Crippen LogP contribution in [-0.4, -0.2) is 23.5 Å². The number of carbonyl (C=O) groups is 2. The number of rotatable bonds is 5. The molecule has 5 nitrogen and oxygen atoms in total. The molecule has 0 saturated carbocycles. The van der Waals surface area contributed by atoms with E-state index in [-0.39, 0.29) is 10.7 Å². The molecular formula is C20H15ClN2O3. The predicted molar refractivity (Wildman–Crippen MR) is 100 cm³/mol. The van der Waals surface area contributed by atoms with Crippen LogP contribution in [0.5, 0.6) is 0 Å². The highest BCUT2D eigenvalue weighted by Gasteiger charge is 2.14. The largest absolute Gasteiger partial charge is 0.452 e. The van der Waals surface area contributed by atoms with Crippen molar-refractivity contribution in [1.82, 2.24) is 4.98 Å². The second kappa shape index (κ2) is 8.27. The van der Waals surface area contributed by atoms with Gasteiger partial charge in [0.2, 0.25) is 0 Å².